The second-order valence-electron chi connectivity index (χ2n) is 6.25. The first-order valence-corrected chi connectivity index (χ1v) is 7.52. The lowest BCUT2D eigenvalue weighted by Crippen LogP contribution is -2.36. The van der Waals surface area contributed by atoms with Gasteiger partial charge in [0.25, 0.3) is 0 Å². The van der Waals surface area contributed by atoms with E-state index in [1.807, 2.05) is 0 Å². The van der Waals surface area contributed by atoms with Gasteiger partial charge in [0, 0.05) is 24.0 Å². The van der Waals surface area contributed by atoms with Gasteiger partial charge in [-0.25, -0.2) is 0 Å². The van der Waals surface area contributed by atoms with E-state index in [1.165, 1.54) is 12.1 Å². The van der Waals surface area contributed by atoms with Crippen LogP contribution in [0.2, 0.25) is 0 Å². The Kier molecular flexibility index (Phi) is 4.69. The standard InChI is InChI=1S/C16H23F3N2/c1-11(2)10-21(12-5-3-4-6-12)13-7-8-15(20)14(9-13)16(17,18)19/h7-9,11-12H,3-6,10,20H2,1-2H3. The number of halogens is 3. The van der Waals surface area contributed by atoms with Gasteiger partial charge >= 0.3 is 6.18 Å². The van der Waals surface area contributed by atoms with Gasteiger partial charge < -0.3 is 10.6 Å². The molecule has 0 atom stereocenters. The van der Waals surface area contributed by atoms with Gasteiger partial charge in [0.1, 0.15) is 0 Å². The van der Waals surface area contributed by atoms with E-state index in [-0.39, 0.29) is 5.69 Å². The minimum absolute atomic E-state index is 0.206. The molecule has 0 radical (unpaired) electrons. The number of anilines is 2. The minimum atomic E-state index is -4.40. The number of nitrogens with two attached hydrogens (primary N) is 1. The molecule has 2 N–H and O–H groups in total. The third-order valence-corrected chi connectivity index (χ3v) is 4.00. The highest BCUT2D eigenvalue weighted by Gasteiger charge is 2.34. The van der Waals surface area contributed by atoms with E-state index in [0.717, 1.165) is 32.2 Å². The molecule has 2 nitrogen and oxygen atoms in total. The Balaban J connectivity index is 2.35. The maximum Gasteiger partial charge on any atom is 0.418 e. The van der Waals surface area contributed by atoms with Crippen LogP contribution in [0, 0.1) is 5.92 Å². The normalized spacial score (nSPS) is 16.7. The first kappa shape index (κ1) is 16.0. The van der Waals surface area contributed by atoms with Gasteiger partial charge in [-0.3, -0.25) is 0 Å². The molecule has 118 valence electrons. The van der Waals surface area contributed by atoms with E-state index in [2.05, 4.69) is 18.7 Å². The zero-order valence-electron chi connectivity index (χ0n) is 12.6. The lowest BCUT2D eigenvalue weighted by molar-refractivity contribution is -0.136. The summed E-state index contributed by atoms with van der Waals surface area (Å²) in [6, 6.07) is 4.64. The molecule has 0 heterocycles. The van der Waals surface area contributed by atoms with E-state index in [1.54, 1.807) is 6.07 Å². The van der Waals surface area contributed by atoms with Crippen LogP contribution in [0.15, 0.2) is 18.2 Å². The quantitative estimate of drug-likeness (QED) is 0.817. The van der Waals surface area contributed by atoms with Gasteiger partial charge in [-0.1, -0.05) is 26.7 Å². The summed E-state index contributed by atoms with van der Waals surface area (Å²) in [6.45, 7) is 4.94. The van der Waals surface area contributed by atoms with Crippen LogP contribution < -0.4 is 10.6 Å². The van der Waals surface area contributed by atoms with Crippen molar-refractivity contribution in [2.45, 2.75) is 51.7 Å². The Bertz CT molecular complexity index is 477. The van der Waals surface area contributed by atoms with Crippen LogP contribution in [0.1, 0.15) is 45.1 Å². The molecular formula is C16H23F3N2. The zero-order chi connectivity index (χ0) is 15.6. The summed E-state index contributed by atoms with van der Waals surface area (Å²) in [5, 5.41) is 0. The number of hydrogen-bond acceptors (Lipinski definition) is 2. The van der Waals surface area contributed by atoms with Gasteiger partial charge in [0.2, 0.25) is 0 Å². The van der Waals surface area contributed by atoms with Crippen molar-refractivity contribution in [1.82, 2.24) is 0 Å². The largest absolute Gasteiger partial charge is 0.418 e. The summed E-state index contributed by atoms with van der Waals surface area (Å²) in [5.41, 5.74) is 5.19. The van der Waals surface area contributed by atoms with Crippen molar-refractivity contribution in [2.75, 3.05) is 17.2 Å². The number of hydrogen-bond donors (Lipinski definition) is 1. The first-order chi connectivity index (χ1) is 9.79. The van der Waals surface area contributed by atoms with Crippen molar-refractivity contribution in [1.29, 1.82) is 0 Å². The molecule has 0 amide bonds. The lowest BCUT2D eigenvalue weighted by Gasteiger charge is -2.33. The third-order valence-electron chi connectivity index (χ3n) is 4.00. The number of nitrogens with zero attached hydrogens (tertiary/aromatic N) is 1. The van der Waals surface area contributed by atoms with Crippen LogP contribution in [0.5, 0.6) is 0 Å². The van der Waals surface area contributed by atoms with Gasteiger partial charge in [-0.2, -0.15) is 13.2 Å². The van der Waals surface area contributed by atoms with Crippen LogP contribution in [-0.4, -0.2) is 12.6 Å². The molecular weight excluding hydrogens is 277 g/mol. The van der Waals surface area contributed by atoms with Gasteiger partial charge in [0.05, 0.1) is 5.56 Å². The highest BCUT2D eigenvalue weighted by molar-refractivity contribution is 5.60. The molecule has 21 heavy (non-hydrogen) atoms. The number of rotatable bonds is 4. The fourth-order valence-corrected chi connectivity index (χ4v) is 3.04. The summed E-state index contributed by atoms with van der Waals surface area (Å²) in [6.07, 6.45) is 0.0108. The van der Waals surface area contributed by atoms with Crippen LogP contribution in [0.4, 0.5) is 24.5 Å². The molecule has 1 aromatic carbocycles. The average Bonchev–Trinajstić information content (AvgIpc) is 2.88. The molecule has 1 aromatic rings. The van der Waals surface area contributed by atoms with E-state index in [9.17, 15) is 13.2 Å². The minimum Gasteiger partial charge on any atom is -0.398 e. The van der Waals surface area contributed by atoms with Crippen LogP contribution in [0.25, 0.3) is 0 Å². The summed E-state index contributed by atoms with van der Waals surface area (Å²) >= 11 is 0. The molecule has 0 unspecified atom stereocenters. The van der Waals surface area contributed by atoms with Gasteiger partial charge in [0.15, 0.2) is 0 Å². The average molecular weight is 300 g/mol. The van der Waals surface area contributed by atoms with E-state index < -0.39 is 11.7 Å². The molecule has 2 rings (SSSR count). The highest BCUT2D eigenvalue weighted by atomic mass is 19.4. The fraction of sp³-hybridized carbons (Fsp3) is 0.625. The fourth-order valence-electron chi connectivity index (χ4n) is 3.04. The summed E-state index contributed by atoms with van der Waals surface area (Å²) in [7, 11) is 0. The van der Waals surface area contributed by atoms with Crippen LogP contribution in [-0.2, 0) is 6.18 Å². The molecule has 0 aliphatic heterocycles. The molecule has 5 heteroatoms. The van der Waals surface area contributed by atoms with E-state index >= 15 is 0 Å². The lowest BCUT2D eigenvalue weighted by atomic mass is 10.1. The Morgan fingerprint density at radius 1 is 1.24 bits per heavy atom. The van der Waals surface area contributed by atoms with E-state index in [4.69, 9.17) is 5.73 Å². The van der Waals surface area contributed by atoms with Gasteiger partial charge in [-0.15, -0.1) is 0 Å². The molecule has 1 aliphatic carbocycles. The second-order valence-corrected chi connectivity index (χ2v) is 6.25. The van der Waals surface area contributed by atoms with E-state index in [0.29, 0.717) is 17.6 Å². The topological polar surface area (TPSA) is 29.3 Å². The molecule has 0 aromatic heterocycles. The number of benzene rings is 1. The molecule has 1 aliphatic rings. The Hall–Kier alpha value is -1.39. The van der Waals surface area contributed by atoms with Crippen molar-refractivity contribution >= 4 is 11.4 Å². The summed E-state index contributed by atoms with van der Waals surface area (Å²) in [5.74, 6) is 0.400. The molecule has 0 bridgehead atoms. The molecule has 1 fully saturated rings. The first-order valence-electron chi connectivity index (χ1n) is 7.52. The SMILES string of the molecule is CC(C)CN(c1ccc(N)c(C(F)(F)F)c1)C1CCCC1. The number of alkyl halides is 3. The Morgan fingerprint density at radius 3 is 2.38 bits per heavy atom. The van der Waals surface area contributed by atoms with Crippen molar-refractivity contribution in [3.63, 3.8) is 0 Å². The Morgan fingerprint density at radius 2 is 1.86 bits per heavy atom. The monoisotopic (exact) mass is 300 g/mol. The predicted octanol–water partition coefficient (Wildman–Crippen LogP) is 4.69. The predicted molar refractivity (Wildman–Crippen MR) is 80.3 cm³/mol. The maximum atomic E-state index is 13.0. The highest BCUT2D eigenvalue weighted by Crippen LogP contribution is 2.37. The van der Waals surface area contributed by atoms with Crippen molar-refractivity contribution in [3.05, 3.63) is 23.8 Å². The maximum absolute atomic E-state index is 13.0. The van der Waals surface area contributed by atoms with Crippen LogP contribution >= 0.6 is 0 Å². The van der Waals surface area contributed by atoms with Crippen molar-refractivity contribution in [3.8, 4) is 0 Å². The smallest absolute Gasteiger partial charge is 0.398 e. The molecule has 1 saturated carbocycles. The summed E-state index contributed by atoms with van der Waals surface area (Å²) in [4.78, 5) is 2.13. The number of nitrogen functional groups attached to an aromatic ring is 1. The molecule has 0 spiro atoms. The second kappa shape index (κ2) is 6.16. The van der Waals surface area contributed by atoms with Crippen molar-refractivity contribution < 1.29 is 13.2 Å². The Labute approximate surface area is 124 Å². The third kappa shape index (κ3) is 3.83. The zero-order valence-corrected chi connectivity index (χ0v) is 12.6. The van der Waals surface area contributed by atoms with Gasteiger partial charge in [-0.05, 0) is 37.0 Å². The van der Waals surface area contributed by atoms with Crippen LogP contribution in [0.3, 0.4) is 0 Å². The molecule has 0 saturated heterocycles. The summed E-state index contributed by atoms with van der Waals surface area (Å²) < 4.78 is 39.1. The van der Waals surface area contributed by atoms with Crippen molar-refractivity contribution in [2.24, 2.45) is 5.92 Å².